The fourth-order valence-corrected chi connectivity index (χ4v) is 4.53. The third-order valence-corrected chi connectivity index (χ3v) is 6.00. The van der Waals surface area contributed by atoms with Gasteiger partial charge in [0.25, 0.3) is 5.56 Å². The Morgan fingerprint density at radius 1 is 1.03 bits per heavy atom. The fourth-order valence-electron chi connectivity index (χ4n) is 3.68. The molecule has 3 N–H and O–H groups in total. The number of nitrogens with one attached hydrogen (secondary N) is 1. The lowest BCUT2D eigenvalue weighted by Gasteiger charge is -2.15. The van der Waals surface area contributed by atoms with Crippen LogP contribution < -0.4 is 10.9 Å². The van der Waals surface area contributed by atoms with Gasteiger partial charge in [-0.3, -0.25) is 4.79 Å². The molecule has 0 aliphatic carbocycles. The van der Waals surface area contributed by atoms with Crippen LogP contribution in [0, 0.1) is 5.92 Å². The van der Waals surface area contributed by atoms with Crippen molar-refractivity contribution in [2.24, 2.45) is 5.92 Å². The molecule has 148 valence electrons. The van der Waals surface area contributed by atoms with Gasteiger partial charge in [-0.15, -0.1) is 11.3 Å². The number of hydrogen-bond donors (Lipinski definition) is 2. The first-order valence-corrected chi connectivity index (χ1v) is 10.9. The van der Waals surface area contributed by atoms with Gasteiger partial charge in [-0.1, -0.05) is 56.3 Å². The molecular weight excluding hydrogens is 378 g/mol. The number of fused-ring (bicyclic) bond motifs is 1. The monoisotopic (exact) mass is 404 g/mol. The van der Waals surface area contributed by atoms with Crippen molar-refractivity contribution in [2.45, 2.75) is 32.9 Å². The van der Waals surface area contributed by atoms with E-state index in [1.165, 1.54) is 16.0 Å². The van der Waals surface area contributed by atoms with E-state index in [1.54, 1.807) is 11.3 Å². The summed E-state index contributed by atoms with van der Waals surface area (Å²) in [6, 6.07) is 20.8. The van der Waals surface area contributed by atoms with Crippen LogP contribution in [0.4, 0.5) is 0 Å². The molecule has 0 unspecified atom stereocenters. The average Bonchev–Trinajstić information content (AvgIpc) is 3.23. The molecule has 0 amide bonds. The largest absolute Gasteiger partial charge is 0.329 e. The molecule has 2 aromatic heterocycles. The van der Waals surface area contributed by atoms with Crippen LogP contribution in [0.5, 0.6) is 0 Å². The second kappa shape index (κ2) is 8.72. The van der Waals surface area contributed by atoms with Gasteiger partial charge in [0, 0.05) is 5.56 Å². The van der Waals surface area contributed by atoms with Crippen molar-refractivity contribution < 1.29 is 5.32 Å². The summed E-state index contributed by atoms with van der Waals surface area (Å²) < 4.78 is 0. The molecular formula is C24H26N3OS+. The van der Waals surface area contributed by atoms with Crippen LogP contribution in [0.1, 0.15) is 41.7 Å². The van der Waals surface area contributed by atoms with Gasteiger partial charge in [-0.05, 0) is 41.5 Å². The van der Waals surface area contributed by atoms with Crippen molar-refractivity contribution in [3.63, 3.8) is 0 Å². The third-order valence-electron chi connectivity index (χ3n) is 5.04. The molecule has 4 nitrogen and oxygen atoms in total. The minimum absolute atomic E-state index is 0.0790. The predicted molar refractivity (Wildman–Crippen MR) is 119 cm³/mol. The summed E-state index contributed by atoms with van der Waals surface area (Å²) in [5.41, 5.74) is 3.30. The SMILES string of the molecule is CC(C)Cc1ccc([C@H]([NH2+]Cc2nc3ccccc3c(=O)[nH]2)c2cccs2)cc1. The van der Waals surface area contributed by atoms with Crippen LogP contribution in [-0.2, 0) is 13.0 Å². The minimum Gasteiger partial charge on any atom is -0.329 e. The highest BCUT2D eigenvalue weighted by Crippen LogP contribution is 2.23. The molecule has 4 aromatic rings. The summed E-state index contributed by atoms with van der Waals surface area (Å²) in [7, 11) is 0. The lowest BCUT2D eigenvalue weighted by Crippen LogP contribution is -2.84. The van der Waals surface area contributed by atoms with Gasteiger partial charge >= 0.3 is 0 Å². The molecule has 1 atom stereocenters. The molecule has 2 heterocycles. The lowest BCUT2D eigenvalue weighted by atomic mass is 9.99. The number of nitrogens with zero attached hydrogens (tertiary/aromatic N) is 1. The zero-order valence-electron chi connectivity index (χ0n) is 16.8. The quantitative estimate of drug-likeness (QED) is 0.488. The molecule has 0 spiro atoms. The van der Waals surface area contributed by atoms with Crippen LogP contribution in [0.2, 0.25) is 0 Å². The number of hydrogen-bond acceptors (Lipinski definition) is 3. The summed E-state index contributed by atoms with van der Waals surface area (Å²) in [5.74, 6) is 1.35. The first-order valence-electron chi connectivity index (χ1n) is 10.0. The zero-order valence-corrected chi connectivity index (χ0v) is 17.6. The maximum Gasteiger partial charge on any atom is 0.258 e. The van der Waals surface area contributed by atoms with Crippen LogP contribution in [0.25, 0.3) is 10.9 Å². The Balaban J connectivity index is 1.58. The highest BCUT2D eigenvalue weighted by molar-refractivity contribution is 7.10. The van der Waals surface area contributed by atoms with E-state index in [-0.39, 0.29) is 11.6 Å². The van der Waals surface area contributed by atoms with Gasteiger partial charge < -0.3 is 10.3 Å². The zero-order chi connectivity index (χ0) is 20.2. The van der Waals surface area contributed by atoms with Crippen molar-refractivity contribution in [1.29, 1.82) is 0 Å². The van der Waals surface area contributed by atoms with Gasteiger partial charge in [0.2, 0.25) is 0 Å². The van der Waals surface area contributed by atoms with E-state index in [0.717, 1.165) is 11.9 Å². The molecule has 5 heteroatoms. The van der Waals surface area contributed by atoms with Crippen LogP contribution in [0.3, 0.4) is 0 Å². The van der Waals surface area contributed by atoms with Crippen molar-refractivity contribution in [3.8, 4) is 0 Å². The Morgan fingerprint density at radius 2 is 1.83 bits per heavy atom. The first-order chi connectivity index (χ1) is 14.1. The second-order valence-corrected chi connectivity index (χ2v) is 8.78. The smallest absolute Gasteiger partial charge is 0.258 e. The predicted octanol–water partition coefficient (Wildman–Crippen LogP) is 4.04. The summed E-state index contributed by atoms with van der Waals surface area (Å²) in [4.78, 5) is 21.2. The molecule has 0 bridgehead atoms. The van der Waals surface area contributed by atoms with Crippen molar-refractivity contribution >= 4 is 22.2 Å². The number of aromatic amines is 1. The number of benzene rings is 2. The Bertz CT molecular complexity index is 1130. The normalized spacial score (nSPS) is 12.5. The molecule has 29 heavy (non-hydrogen) atoms. The van der Waals surface area contributed by atoms with Crippen molar-refractivity contribution in [2.75, 3.05) is 0 Å². The lowest BCUT2D eigenvalue weighted by molar-refractivity contribution is -0.702. The Morgan fingerprint density at radius 3 is 2.55 bits per heavy atom. The molecule has 0 aliphatic rings. The van der Waals surface area contributed by atoms with Crippen molar-refractivity contribution in [1.82, 2.24) is 9.97 Å². The Hall–Kier alpha value is -2.76. The van der Waals surface area contributed by atoms with E-state index < -0.39 is 0 Å². The molecule has 0 fully saturated rings. The fraction of sp³-hybridized carbons (Fsp3) is 0.250. The summed E-state index contributed by atoms with van der Waals surface area (Å²) in [6.45, 7) is 5.09. The molecule has 0 aliphatic heterocycles. The topological polar surface area (TPSA) is 62.4 Å². The van der Waals surface area contributed by atoms with Crippen LogP contribution in [-0.4, -0.2) is 9.97 Å². The van der Waals surface area contributed by atoms with Gasteiger partial charge in [-0.25, -0.2) is 4.98 Å². The standard InChI is InChI=1S/C24H25N3OS/c1-16(2)14-17-9-11-18(12-10-17)23(21-8-5-13-29-21)25-15-22-26-20-7-4-3-6-19(20)24(28)27-22/h3-13,16,23,25H,14-15H2,1-2H3,(H,26,27,28)/p+1/t23-/m0/s1. The number of para-hydroxylation sites is 1. The Kier molecular flexibility index (Phi) is 5.88. The number of thiophene rings is 1. The molecule has 0 radical (unpaired) electrons. The van der Waals surface area contributed by atoms with E-state index in [2.05, 4.69) is 70.9 Å². The number of nitrogens with two attached hydrogens (primary N) is 1. The van der Waals surface area contributed by atoms with E-state index >= 15 is 0 Å². The van der Waals surface area contributed by atoms with Crippen LogP contribution >= 0.6 is 11.3 Å². The van der Waals surface area contributed by atoms with Gasteiger partial charge in [0.1, 0.15) is 12.6 Å². The summed E-state index contributed by atoms with van der Waals surface area (Å²) >= 11 is 1.76. The van der Waals surface area contributed by atoms with Crippen molar-refractivity contribution in [3.05, 3.63) is 98.2 Å². The first kappa shape index (κ1) is 19.6. The molecule has 0 saturated carbocycles. The Labute approximate surface area is 174 Å². The summed E-state index contributed by atoms with van der Waals surface area (Å²) in [6.07, 6.45) is 1.09. The minimum atomic E-state index is -0.0790. The highest BCUT2D eigenvalue weighted by Gasteiger charge is 2.19. The third kappa shape index (κ3) is 4.63. The van der Waals surface area contributed by atoms with Gasteiger partial charge in [-0.2, -0.15) is 0 Å². The molecule has 0 saturated heterocycles. The van der Waals surface area contributed by atoms with E-state index in [4.69, 9.17) is 0 Å². The number of quaternary nitrogens is 1. The average molecular weight is 405 g/mol. The number of aromatic nitrogens is 2. The van der Waals surface area contributed by atoms with E-state index in [1.807, 2.05) is 24.3 Å². The van der Waals surface area contributed by atoms with Gasteiger partial charge in [0.05, 0.1) is 15.8 Å². The maximum atomic E-state index is 12.4. The number of H-pyrrole nitrogens is 1. The maximum absolute atomic E-state index is 12.4. The van der Waals surface area contributed by atoms with E-state index in [0.29, 0.717) is 23.7 Å². The molecule has 4 rings (SSSR count). The highest BCUT2D eigenvalue weighted by atomic mass is 32.1. The van der Waals surface area contributed by atoms with Gasteiger partial charge in [0.15, 0.2) is 5.82 Å². The van der Waals surface area contributed by atoms with E-state index in [9.17, 15) is 4.79 Å². The second-order valence-electron chi connectivity index (χ2n) is 7.80. The number of rotatable bonds is 7. The van der Waals surface area contributed by atoms with Crippen LogP contribution in [0.15, 0.2) is 70.8 Å². The molecule has 2 aromatic carbocycles. The summed E-state index contributed by atoms with van der Waals surface area (Å²) in [5, 5.41) is 4.99.